The van der Waals surface area contributed by atoms with Crippen molar-refractivity contribution < 1.29 is 4.81 Å². The van der Waals surface area contributed by atoms with Crippen molar-refractivity contribution in [2.45, 2.75) is 16.1 Å². The molecule has 35 heavy (non-hydrogen) atoms. The molecule has 0 unspecified atom stereocenters. The Bertz CT molecular complexity index is 1550. The van der Waals surface area contributed by atoms with Crippen LogP contribution in [0.5, 0.6) is 0 Å². The molecule has 6 heteroatoms. The molecule has 7 rings (SSSR count). The van der Waals surface area contributed by atoms with Crippen LogP contribution >= 0.6 is 11.6 Å². The second-order valence-corrected chi connectivity index (χ2v) is 9.78. The third-order valence-electron chi connectivity index (χ3n) is 7.47. The molecule has 5 nitrogen and oxygen atoms in total. The van der Waals surface area contributed by atoms with Gasteiger partial charge in [-0.25, -0.2) is 0 Å². The van der Waals surface area contributed by atoms with Gasteiger partial charge < -0.3 is 4.90 Å². The maximum absolute atomic E-state index is 10.7. The lowest BCUT2D eigenvalue weighted by Gasteiger charge is -2.51. The van der Waals surface area contributed by atoms with E-state index in [2.05, 4.69) is 35.2 Å². The quantitative estimate of drug-likeness (QED) is 0.236. The molecule has 2 aliphatic heterocycles. The van der Waals surface area contributed by atoms with Gasteiger partial charge in [0.05, 0.1) is 12.6 Å². The van der Waals surface area contributed by atoms with Crippen LogP contribution in [0.1, 0.15) is 11.1 Å². The second-order valence-electron chi connectivity index (χ2n) is 9.13. The summed E-state index contributed by atoms with van der Waals surface area (Å²) in [5.41, 5.74) is 8.91. The molecule has 0 amide bonds. The summed E-state index contributed by atoms with van der Waals surface area (Å²) >= 11 is 7.42. The molecular weight excluding hydrogens is 454 g/mol. The number of alkyl halides is 1. The Morgan fingerprint density at radius 2 is 1.37 bits per heavy atom. The van der Waals surface area contributed by atoms with E-state index in [0.717, 1.165) is 33.6 Å². The molecule has 4 aromatic carbocycles. The van der Waals surface area contributed by atoms with Gasteiger partial charge in [0.2, 0.25) is 5.69 Å². The van der Waals surface area contributed by atoms with Gasteiger partial charge in [0.25, 0.3) is 0 Å². The van der Waals surface area contributed by atoms with Crippen molar-refractivity contribution >= 4 is 23.0 Å². The van der Waals surface area contributed by atoms with Gasteiger partial charge in [-0.15, -0.1) is 4.81 Å². The molecular formula is C29H20ClN5. The predicted octanol–water partition coefficient (Wildman–Crippen LogP) is 6.84. The van der Waals surface area contributed by atoms with Crippen LogP contribution in [0.15, 0.2) is 114 Å². The van der Waals surface area contributed by atoms with Gasteiger partial charge in [-0.2, -0.15) is 15.8 Å². The van der Waals surface area contributed by atoms with E-state index in [1.54, 1.807) is 4.81 Å². The molecule has 0 spiro atoms. The molecule has 2 heterocycles. The molecule has 0 bridgehead atoms. The van der Waals surface area contributed by atoms with E-state index in [-0.39, 0.29) is 6.54 Å². The van der Waals surface area contributed by atoms with Gasteiger partial charge in [0, 0.05) is 17.8 Å². The minimum absolute atomic E-state index is 0.271. The first-order chi connectivity index (χ1) is 17.1. The molecule has 3 atom stereocenters. The summed E-state index contributed by atoms with van der Waals surface area (Å²) in [5, 5.41) is 15.9. The summed E-state index contributed by atoms with van der Waals surface area (Å²) in [6.45, 7) is 0.271. The first-order valence-corrected chi connectivity index (χ1v) is 12.0. The lowest BCUT2D eigenvalue weighted by atomic mass is 9.63. The highest BCUT2D eigenvalue weighted by molar-refractivity contribution is 6.28. The molecule has 0 radical (unpaired) electrons. The number of hydrogen-bond donors (Lipinski definition) is 0. The maximum Gasteiger partial charge on any atom is 0.225 e. The third-order valence-corrected chi connectivity index (χ3v) is 7.95. The van der Waals surface area contributed by atoms with Crippen LogP contribution in [-0.2, 0) is 11.2 Å². The first kappa shape index (κ1) is 20.3. The zero-order valence-corrected chi connectivity index (χ0v) is 19.5. The van der Waals surface area contributed by atoms with Crippen molar-refractivity contribution in [3.63, 3.8) is 0 Å². The number of anilines is 1. The summed E-state index contributed by atoms with van der Waals surface area (Å²) in [7, 11) is 0. The summed E-state index contributed by atoms with van der Waals surface area (Å²) in [6.07, 6.45) is 0. The van der Waals surface area contributed by atoms with Crippen LogP contribution in [0.4, 0.5) is 11.4 Å². The van der Waals surface area contributed by atoms with E-state index in [1.165, 1.54) is 0 Å². The van der Waals surface area contributed by atoms with Crippen molar-refractivity contribution in [1.29, 1.82) is 5.26 Å². The van der Waals surface area contributed by atoms with E-state index in [9.17, 15) is 5.26 Å². The van der Waals surface area contributed by atoms with Crippen LogP contribution in [0, 0.1) is 11.3 Å². The minimum atomic E-state index is -1.38. The summed E-state index contributed by atoms with van der Waals surface area (Å²) in [6, 6.07) is 38.8. The van der Waals surface area contributed by atoms with Crippen molar-refractivity contribution in [3.8, 4) is 17.2 Å². The first-order valence-electron chi connectivity index (χ1n) is 11.6. The van der Waals surface area contributed by atoms with Crippen molar-refractivity contribution in [2.24, 2.45) is 5.11 Å². The fraction of sp³-hybridized carbons (Fsp3) is 0.138. The van der Waals surface area contributed by atoms with Crippen LogP contribution in [-0.4, -0.2) is 16.2 Å². The Morgan fingerprint density at radius 3 is 2.06 bits per heavy atom. The van der Waals surface area contributed by atoms with Crippen molar-refractivity contribution in [1.82, 2.24) is 0 Å². The Morgan fingerprint density at radius 1 is 0.800 bits per heavy atom. The van der Waals surface area contributed by atoms with Gasteiger partial charge in [-0.3, -0.25) is 0 Å². The van der Waals surface area contributed by atoms with Crippen molar-refractivity contribution in [3.05, 3.63) is 126 Å². The van der Waals surface area contributed by atoms with E-state index in [4.69, 9.17) is 22.1 Å². The number of para-hydroxylation sites is 2. The topological polar surface area (TPSA) is 56.5 Å². The number of rotatable bonds is 2. The number of nitriles is 1. The molecule has 1 saturated heterocycles. The van der Waals surface area contributed by atoms with E-state index in [1.807, 2.05) is 84.9 Å². The molecule has 4 aromatic rings. The summed E-state index contributed by atoms with van der Waals surface area (Å²) in [4.78, 5) is 2.48. The van der Waals surface area contributed by atoms with Crippen LogP contribution in [0.25, 0.3) is 16.6 Å². The zero-order valence-electron chi connectivity index (χ0n) is 18.7. The van der Waals surface area contributed by atoms with Gasteiger partial charge in [-0.05, 0) is 34.4 Å². The standard InChI is InChI=1S/C29H20ClN5/c30-27(19-31)20-34(21-11-3-1-4-12-21)29-26-18-10-8-16-24(26)23-15-7-9-17-25(23)28(27,29)32-35(33-29)22-13-5-2-6-14-22/h1-18H,20H2/t27-,28+,29-/m1/s1. The smallest absolute Gasteiger partial charge is 0.225 e. The molecule has 3 aliphatic rings. The average Bonchev–Trinajstić information content (AvgIpc) is 3.42. The third kappa shape index (κ3) is 2.32. The monoisotopic (exact) mass is 473 g/mol. The molecule has 1 aliphatic carbocycles. The molecule has 0 aromatic heterocycles. The van der Waals surface area contributed by atoms with Gasteiger partial charge in [0.1, 0.15) is 11.2 Å². The normalized spacial score (nSPS) is 27.5. The SMILES string of the molecule is N#C[C@@]1(Cl)CN(c2ccccc2)[C@@]23[N-][N+](c4ccccc4)=N[C@@]12c1ccccc1-c1ccccc13. The maximum atomic E-state index is 10.7. The molecule has 1 fully saturated rings. The number of azo groups is 1. The molecule has 0 N–H and O–H groups in total. The zero-order chi connectivity index (χ0) is 23.7. The Hall–Kier alpha value is -4.14. The minimum Gasteiger partial charge on any atom is -0.353 e. The number of benzene rings is 4. The van der Waals surface area contributed by atoms with Gasteiger partial charge in [-0.1, -0.05) is 96.5 Å². The van der Waals surface area contributed by atoms with Crippen LogP contribution < -0.4 is 4.90 Å². The largest absolute Gasteiger partial charge is 0.353 e. The van der Waals surface area contributed by atoms with Gasteiger partial charge in [0.15, 0.2) is 4.87 Å². The van der Waals surface area contributed by atoms with Crippen LogP contribution in [0.3, 0.4) is 0 Å². The fourth-order valence-corrected chi connectivity index (χ4v) is 6.47. The fourth-order valence-electron chi connectivity index (χ4n) is 6.08. The number of hydrogen-bond acceptors (Lipinski definition) is 3. The Balaban J connectivity index is 1.65. The van der Waals surface area contributed by atoms with E-state index < -0.39 is 16.1 Å². The highest BCUT2D eigenvalue weighted by atomic mass is 35.5. The molecule has 168 valence electrons. The number of fused-ring (bicyclic) bond motifs is 3. The van der Waals surface area contributed by atoms with Crippen molar-refractivity contribution in [2.75, 3.05) is 11.4 Å². The lowest BCUT2D eigenvalue weighted by molar-refractivity contribution is -0.457. The van der Waals surface area contributed by atoms with E-state index in [0.29, 0.717) is 0 Å². The van der Waals surface area contributed by atoms with E-state index >= 15 is 0 Å². The summed E-state index contributed by atoms with van der Waals surface area (Å²) < 4.78 is 0. The second kappa shape index (κ2) is 6.94. The average molecular weight is 474 g/mol. The van der Waals surface area contributed by atoms with Crippen LogP contribution in [0.2, 0.25) is 0 Å². The summed E-state index contributed by atoms with van der Waals surface area (Å²) in [5.74, 6) is 0. The predicted molar refractivity (Wildman–Crippen MR) is 135 cm³/mol. The van der Waals surface area contributed by atoms with Gasteiger partial charge >= 0.3 is 0 Å². The molecule has 0 saturated carbocycles. The number of halogens is 1. The Labute approximate surface area is 208 Å². The highest BCUT2D eigenvalue weighted by Gasteiger charge is 2.77. The Kier molecular flexibility index (Phi) is 4.02. The number of nitrogens with zero attached hydrogens (tertiary/aromatic N) is 5. The highest BCUT2D eigenvalue weighted by Crippen LogP contribution is 2.71. The lowest BCUT2D eigenvalue weighted by Crippen LogP contribution is -2.56.